The Balaban J connectivity index is 2.13. The Morgan fingerprint density at radius 2 is 1.75 bits per heavy atom. The Kier molecular flexibility index (Phi) is 3.29. The molecule has 2 aromatic carbocycles. The average molecular weight is 267 g/mol. The number of hydrogen-bond acceptors (Lipinski definition) is 3. The zero-order valence-corrected chi connectivity index (χ0v) is 11.1. The first kappa shape index (κ1) is 12.5. The molecule has 1 heterocycles. The van der Waals surface area contributed by atoms with E-state index in [-0.39, 0.29) is 5.82 Å². The normalized spacial score (nSPS) is 10.7. The van der Waals surface area contributed by atoms with Gasteiger partial charge in [-0.2, -0.15) is 0 Å². The van der Waals surface area contributed by atoms with E-state index in [2.05, 4.69) is 15.3 Å². The van der Waals surface area contributed by atoms with Crippen LogP contribution in [-0.2, 0) is 6.42 Å². The molecule has 0 fully saturated rings. The van der Waals surface area contributed by atoms with Gasteiger partial charge in [-0.15, -0.1) is 0 Å². The third kappa shape index (κ3) is 2.32. The number of rotatable bonds is 3. The van der Waals surface area contributed by atoms with Crippen molar-refractivity contribution in [2.24, 2.45) is 0 Å². The van der Waals surface area contributed by atoms with Crippen LogP contribution < -0.4 is 5.32 Å². The van der Waals surface area contributed by atoms with Gasteiger partial charge in [-0.3, -0.25) is 0 Å². The second-order valence-corrected chi connectivity index (χ2v) is 4.46. The fourth-order valence-corrected chi connectivity index (χ4v) is 2.07. The molecule has 0 radical (unpaired) electrons. The van der Waals surface area contributed by atoms with Gasteiger partial charge in [0.25, 0.3) is 0 Å². The van der Waals surface area contributed by atoms with E-state index < -0.39 is 0 Å². The van der Waals surface area contributed by atoms with E-state index in [9.17, 15) is 4.39 Å². The van der Waals surface area contributed by atoms with Crippen molar-refractivity contribution < 1.29 is 4.39 Å². The summed E-state index contributed by atoms with van der Waals surface area (Å²) in [7, 11) is 0. The Morgan fingerprint density at radius 1 is 1.00 bits per heavy atom. The average Bonchev–Trinajstić information content (AvgIpc) is 2.49. The summed E-state index contributed by atoms with van der Waals surface area (Å²) in [5.74, 6) is 1.08. The van der Waals surface area contributed by atoms with E-state index in [1.165, 1.54) is 6.07 Å². The van der Waals surface area contributed by atoms with Gasteiger partial charge in [0, 0.05) is 11.8 Å². The van der Waals surface area contributed by atoms with E-state index in [0.29, 0.717) is 11.5 Å². The minimum atomic E-state index is -0.298. The van der Waals surface area contributed by atoms with Crippen molar-refractivity contribution in [3.05, 3.63) is 60.2 Å². The van der Waals surface area contributed by atoms with Crippen LogP contribution in [0.4, 0.5) is 15.9 Å². The smallest absolute Gasteiger partial charge is 0.146 e. The summed E-state index contributed by atoms with van der Waals surface area (Å²) in [5, 5.41) is 3.95. The lowest BCUT2D eigenvalue weighted by Gasteiger charge is -2.10. The van der Waals surface area contributed by atoms with Crippen LogP contribution in [0.1, 0.15) is 12.7 Å². The highest BCUT2D eigenvalue weighted by Gasteiger charge is 2.08. The van der Waals surface area contributed by atoms with E-state index in [1.807, 2.05) is 31.2 Å². The quantitative estimate of drug-likeness (QED) is 0.777. The topological polar surface area (TPSA) is 37.8 Å². The summed E-state index contributed by atoms with van der Waals surface area (Å²) in [6.07, 6.45) is 0.733. The van der Waals surface area contributed by atoms with Gasteiger partial charge in [0.2, 0.25) is 0 Å². The summed E-state index contributed by atoms with van der Waals surface area (Å²) in [5.41, 5.74) is 1.27. The minimum absolute atomic E-state index is 0.298. The van der Waals surface area contributed by atoms with E-state index in [4.69, 9.17) is 0 Å². The first-order valence-electron chi connectivity index (χ1n) is 6.55. The van der Waals surface area contributed by atoms with Crippen LogP contribution >= 0.6 is 0 Å². The number of para-hydroxylation sites is 2. The summed E-state index contributed by atoms with van der Waals surface area (Å²) >= 11 is 0. The van der Waals surface area contributed by atoms with Crippen LogP contribution in [0.15, 0.2) is 48.5 Å². The number of anilines is 2. The first-order chi connectivity index (χ1) is 9.78. The maximum atomic E-state index is 13.8. The Labute approximate surface area is 116 Å². The molecule has 0 bridgehead atoms. The number of halogens is 1. The third-order valence-corrected chi connectivity index (χ3v) is 3.09. The van der Waals surface area contributed by atoms with Crippen molar-refractivity contribution in [3.63, 3.8) is 0 Å². The standard InChI is InChI=1S/C16H14FN3/c1-2-15-18-13-9-5-3-7-11(13)16(20-15)19-14-10-6-4-8-12(14)17/h3-10H,2H2,1H3,(H,18,19,20). The SMILES string of the molecule is CCc1nc(Nc2ccccc2F)c2ccccc2n1. The number of nitrogens with one attached hydrogen (secondary N) is 1. The Bertz CT molecular complexity index is 756. The van der Waals surface area contributed by atoms with Crippen LogP contribution in [0.25, 0.3) is 10.9 Å². The van der Waals surface area contributed by atoms with Crippen LogP contribution in [0, 0.1) is 5.82 Å². The fourth-order valence-electron chi connectivity index (χ4n) is 2.07. The molecule has 3 rings (SSSR count). The molecule has 0 unspecified atom stereocenters. The molecule has 0 spiro atoms. The zero-order chi connectivity index (χ0) is 13.9. The van der Waals surface area contributed by atoms with Crippen LogP contribution in [-0.4, -0.2) is 9.97 Å². The van der Waals surface area contributed by atoms with E-state index >= 15 is 0 Å². The van der Waals surface area contributed by atoms with Crippen LogP contribution in [0.2, 0.25) is 0 Å². The largest absolute Gasteiger partial charge is 0.337 e. The summed E-state index contributed by atoms with van der Waals surface area (Å²) < 4.78 is 13.8. The molecule has 1 aromatic heterocycles. The molecule has 4 heteroatoms. The van der Waals surface area contributed by atoms with E-state index in [1.54, 1.807) is 18.2 Å². The van der Waals surface area contributed by atoms with Crippen molar-refractivity contribution >= 4 is 22.4 Å². The van der Waals surface area contributed by atoms with Gasteiger partial charge in [-0.05, 0) is 24.3 Å². The van der Waals surface area contributed by atoms with Crippen molar-refractivity contribution in [2.45, 2.75) is 13.3 Å². The monoisotopic (exact) mass is 267 g/mol. The Hall–Kier alpha value is -2.49. The molecule has 3 aromatic rings. The molecule has 1 N–H and O–H groups in total. The molecule has 3 nitrogen and oxygen atoms in total. The molecule has 20 heavy (non-hydrogen) atoms. The molecule has 0 aliphatic carbocycles. The highest BCUT2D eigenvalue weighted by molar-refractivity contribution is 5.90. The van der Waals surface area contributed by atoms with Crippen molar-refractivity contribution in [2.75, 3.05) is 5.32 Å². The molecule has 0 aliphatic rings. The predicted octanol–water partition coefficient (Wildman–Crippen LogP) is 4.07. The lowest BCUT2D eigenvalue weighted by atomic mass is 10.2. The van der Waals surface area contributed by atoms with Gasteiger partial charge in [0.1, 0.15) is 17.5 Å². The molecule has 0 atom stereocenters. The van der Waals surface area contributed by atoms with Crippen LogP contribution in [0.5, 0.6) is 0 Å². The van der Waals surface area contributed by atoms with E-state index in [0.717, 1.165) is 23.1 Å². The summed E-state index contributed by atoms with van der Waals surface area (Å²) in [4.78, 5) is 8.94. The predicted molar refractivity (Wildman–Crippen MR) is 78.6 cm³/mol. The van der Waals surface area contributed by atoms with Gasteiger partial charge in [-0.1, -0.05) is 31.2 Å². The number of aryl methyl sites for hydroxylation is 1. The van der Waals surface area contributed by atoms with Gasteiger partial charge < -0.3 is 5.32 Å². The van der Waals surface area contributed by atoms with Gasteiger partial charge in [-0.25, -0.2) is 14.4 Å². The maximum absolute atomic E-state index is 13.8. The second-order valence-electron chi connectivity index (χ2n) is 4.46. The van der Waals surface area contributed by atoms with Crippen LogP contribution in [0.3, 0.4) is 0 Å². The third-order valence-electron chi connectivity index (χ3n) is 3.09. The van der Waals surface area contributed by atoms with Gasteiger partial charge >= 0.3 is 0 Å². The number of nitrogens with zero attached hydrogens (tertiary/aromatic N) is 2. The molecular formula is C16H14FN3. The maximum Gasteiger partial charge on any atom is 0.146 e. The van der Waals surface area contributed by atoms with Gasteiger partial charge in [0.05, 0.1) is 11.2 Å². The molecular weight excluding hydrogens is 253 g/mol. The number of aromatic nitrogens is 2. The minimum Gasteiger partial charge on any atom is -0.337 e. The highest BCUT2D eigenvalue weighted by Crippen LogP contribution is 2.25. The Morgan fingerprint density at radius 3 is 2.55 bits per heavy atom. The van der Waals surface area contributed by atoms with Crippen molar-refractivity contribution in [1.29, 1.82) is 0 Å². The summed E-state index contributed by atoms with van der Waals surface area (Å²) in [6.45, 7) is 2.00. The molecule has 0 saturated heterocycles. The molecule has 0 aliphatic heterocycles. The second kappa shape index (κ2) is 5.25. The highest BCUT2D eigenvalue weighted by atomic mass is 19.1. The van der Waals surface area contributed by atoms with Crippen molar-refractivity contribution in [1.82, 2.24) is 9.97 Å². The zero-order valence-electron chi connectivity index (χ0n) is 11.1. The first-order valence-corrected chi connectivity index (χ1v) is 6.55. The lowest BCUT2D eigenvalue weighted by Crippen LogP contribution is -2.02. The number of benzene rings is 2. The number of hydrogen-bond donors (Lipinski definition) is 1. The van der Waals surface area contributed by atoms with Crippen molar-refractivity contribution in [3.8, 4) is 0 Å². The fraction of sp³-hybridized carbons (Fsp3) is 0.125. The van der Waals surface area contributed by atoms with Gasteiger partial charge in [0.15, 0.2) is 0 Å². The lowest BCUT2D eigenvalue weighted by molar-refractivity contribution is 0.632. The molecule has 0 amide bonds. The number of fused-ring (bicyclic) bond motifs is 1. The molecule has 0 saturated carbocycles. The summed E-state index contributed by atoms with van der Waals surface area (Å²) in [6, 6.07) is 14.3. The molecule has 100 valence electrons.